The molecule has 1 saturated carbocycles. The number of methoxy groups -OCH3 is 1. The lowest BCUT2D eigenvalue weighted by Crippen LogP contribution is -2.28. The van der Waals surface area contributed by atoms with E-state index in [9.17, 15) is 13.2 Å². The second kappa shape index (κ2) is 8.64. The lowest BCUT2D eigenvalue weighted by Gasteiger charge is -2.18. The van der Waals surface area contributed by atoms with Gasteiger partial charge in [-0.2, -0.15) is 4.31 Å². The standard InChI is InChI=1S/C21H27N3O4S2/c1-14-19(29-21(22-14)23-20(25)15-7-3-4-8-15)16-9-10-17(28-2)18(13-16)30(26,27)24-11-5-6-12-24/h9-10,13,15H,3-8,11-12H2,1-2H3,(H,22,23,25). The van der Waals surface area contributed by atoms with Crippen molar-refractivity contribution in [1.82, 2.24) is 9.29 Å². The summed E-state index contributed by atoms with van der Waals surface area (Å²) in [5.41, 5.74) is 1.52. The van der Waals surface area contributed by atoms with E-state index in [0.29, 0.717) is 24.0 Å². The lowest BCUT2D eigenvalue weighted by atomic mass is 10.1. The fourth-order valence-electron chi connectivity index (χ4n) is 4.20. The zero-order valence-electron chi connectivity index (χ0n) is 17.3. The van der Waals surface area contributed by atoms with Gasteiger partial charge in [0.2, 0.25) is 15.9 Å². The topological polar surface area (TPSA) is 88.6 Å². The summed E-state index contributed by atoms with van der Waals surface area (Å²) < 4.78 is 33.2. The van der Waals surface area contributed by atoms with Crippen LogP contribution in [0, 0.1) is 12.8 Å². The van der Waals surface area contributed by atoms with Gasteiger partial charge in [-0.05, 0) is 56.4 Å². The molecule has 2 heterocycles. The Morgan fingerprint density at radius 3 is 2.57 bits per heavy atom. The Morgan fingerprint density at radius 2 is 1.90 bits per heavy atom. The Morgan fingerprint density at radius 1 is 1.20 bits per heavy atom. The molecule has 2 fully saturated rings. The van der Waals surface area contributed by atoms with Crippen molar-refractivity contribution in [1.29, 1.82) is 0 Å². The van der Waals surface area contributed by atoms with E-state index in [1.807, 2.05) is 13.0 Å². The highest BCUT2D eigenvalue weighted by Gasteiger charge is 2.31. The third-order valence-corrected chi connectivity index (χ3v) is 8.90. The second-order valence-electron chi connectivity index (χ2n) is 7.88. The molecule has 0 bridgehead atoms. The first kappa shape index (κ1) is 21.3. The molecular formula is C21H27N3O4S2. The molecule has 4 rings (SSSR count). The van der Waals surface area contributed by atoms with Crippen LogP contribution in [0.1, 0.15) is 44.2 Å². The van der Waals surface area contributed by atoms with Crippen molar-refractivity contribution in [3.05, 3.63) is 23.9 Å². The van der Waals surface area contributed by atoms with Crippen LogP contribution in [0.4, 0.5) is 5.13 Å². The number of rotatable bonds is 6. The van der Waals surface area contributed by atoms with E-state index in [-0.39, 0.29) is 16.7 Å². The van der Waals surface area contributed by atoms with Gasteiger partial charge in [0.05, 0.1) is 17.7 Å². The predicted molar refractivity (Wildman–Crippen MR) is 117 cm³/mol. The van der Waals surface area contributed by atoms with E-state index in [0.717, 1.165) is 54.7 Å². The number of thiazole rings is 1. The molecule has 1 aromatic carbocycles. The molecule has 9 heteroatoms. The molecule has 0 unspecified atom stereocenters. The van der Waals surface area contributed by atoms with Gasteiger partial charge in [-0.25, -0.2) is 13.4 Å². The van der Waals surface area contributed by atoms with Crippen LogP contribution in [-0.4, -0.2) is 43.8 Å². The van der Waals surface area contributed by atoms with Crippen molar-refractivity contribution in [3.63, 3.8) is 0 Å². The van der Waals surface area contributed by atoms with Crippen LogP contribution in [0.25, 0.3) is 10.4 Å². The van der Waals surface area contributed by atoms with Crippen molar-refractivity contribution < 1.29 is 17.9 Å². The number of anilines is 1. The first-order valence-electron chi connectivity index (χ1n) is 10.4. The summed E-state index contributed by atoms with van der Waals surface area (Å²) in [5.74, 6) is 0.429. The molecule has 1 saturated heterocycles. The number of carbonyl (C=O) groups excluding carboxylic acids is 1. The summed E-state index contributed by atoms with van der Waals surface area (Å²) in [4.78, 5) is 18.0. The van der Waals surface area contributed by atoms with Crippen molar-refractivity contribution >= 4 is 32.4 Å². The van der Waals surface area contributed by atoms with Gasteiger partial charge in [-0.3, -0.25) is 4.79 Å². The van der Waals surface area contributed by atoms with Crippen LogP contribution in [0.5, 0.6) is 5.75 Å². The Bertz CT molecular complexity index is 1040. The largest absolute Gasteiger partial charge is 0.495 e. The van der Waals surface area contributed by atoms with Crippen LogP contribution < -0.4 is 10.1 Å². The summed E-state index contributed by atoms with van der Waals surface area (Å²) in [6.07, 6.45) is 5.80. The summed E-state index contributed by atoms with van der Waals surface area (Å²) in [6.45, 7) is 2.94. The van der Waals surface area contributed by atoms with Gasteiger partial charge in [0.15, 0.2) is 5.13 Å². The number of hydrogen-bond donors (Lipinski definition) is 1. The summed E-state index contributed by atoms with van der Waals surface area (Å²) in [7, 11) is -2.15. The van der Waals surface area contributed by atoms with Crippen molar-refractivity contribution in [2.45, 2.75) is 50.3 Å². The Balaban J connectivity index is 1.64. The summed E-state index contributed by atoms with van der Waals surface area (Å²) >= 11 is 1.37. The molecule has 1 aromatic heterocycles. The quantitative estimate of drug-likeness (QED) is 0.719. The normalized spacial score (nSPS) is 18.1. The smallest absolute Gasteiger partial charge is 0.246 e. The molecule has 1 N–H and O–H groups in total. The van der Waals surface area contributed by atoms with E-state index in [2.05, 4.69) is 10.3 Å². The Hall–Kier alpha value is -1.97. The third kappa shape index (κ3) is 4.10. The highest BCUT2D eigenvalue weighted by molar-refractivity contribution is 7.89. The molecule has 2 aliphatic rings. The average molecular weight is 450 g/mol. The maximum atomic E-state index is 13.2. The van der Waals surface area contributed by atoms with Gasteiger partial charge >= 0.3 is 0 Å². The first-order valence-corrected chi connectivity index (χ1v) is 12.6. The van der Waals surface area contributed by atoms with E-state index >= 15 is 0 Å². The highest BCUT2D eigenvalue weighted by atomic mass is 32.2. The molecular weight excluding hydrogens is 422 g/mol. The van der Waals surface area contributed by atoms with Crippen LogP contribution in [-0.2, 0) is 14.8 Å². The number of ether oxygens (including phenoxy) is 1. The van der Waals surface area contributed by atoms with Gasteiger partial charge in [-0.1, -0.05) is 24.2 Å². The summed E-state index contributed by atoms with van der Waals surface area (Å²) in [5, 5.41) is 3.50. The lowest BCUT2D eigenvalue weighted by molar-refractivity contribution is -0.119. The minimum Gasteiger partial charge on any atom is -0.495 e. The maximum absolute atomic E-state index is 13.2. The van der Waals surface area contributed by atoms with E-state index in [4.69, 9.17) is 4.74 Å². The fourth-order valence-corrected chi connectivity index (χ4v) is 6.86. The average Bonchev–Trinajstić information content (AvgIpc) is 3.49. The second-order valence-corrected chi connectivity index (χ2v) is 10.8. The van der Waals surface area contributed by atoms with Crippen molar-refractivity contribution in [2.75, 3.05) is 25.5 Å². The summed E-state index contributed by atoms with van der Waals surface area (Å²) in [6, 6.07) is 5.19. The van der Waals surface area contributed by atoms with Crippen LogP contribution in [0.15, 0.2) is 23.1 Å². The number of aromatic nitrogens is 1. The highest BCUT2D eigenvalue weighted by Crippen LogP contribution is 2.38. The van der Waals surface area contributed by atoms with E-state index < -0.39 is 10.0 Å². The number of carbonyl (C=O) groups is 1. The predicted octanol–water partition coefficient (Wildman–Crippen LogP) is 4.04. The molecule has 0 atom stereocenters. The number of amides is 1. The molecule has 0 radical (unpaired) electrons. The third-order valence-electron chi connectivity index (χ3n) is 5.86. The Kier molecular flexibility index (Phi) is 6.13. The number of hydrogen-bond acceptors (Lipinski definition) is 6. The number of nitrogens with one attached hydrogen (secondary N) is 1. The van der Waals surface area contributed by atoms with Gasteiger partial charge in [0.1, 0.15) is 10.6 Å². The number of nitrogens with zero attached hydrogens (tertiary/aromatic N) is 2. The van der Waals surface area contributed by atoms with Crippen molar-refractivity contribution in [3.8, 4) is 16.2 Å². The van der Waals surface area contributed by atoms with Gasteiger partial charge in [-0.15, -0.1) is 0 Å². The maximum Gasteiger partial charge on any atom is 0.246 e. The van der Waals surface area contributed by atoms with Gasteiger partial charge < -0.3 is 10.1 Å². The van der Waals surface area contributed by atoms with Crippen molar-refractivity contribution in [2.24, 2.45) is 5.92 Å². The molecule has 1 amide bonds. The molecule has 0 spiro atoms. The van der Waals surface area contributed by atoms with Crippen LogP contribution in [0.3, 0.4) is 0 Å². The molecule has 1 aliphatic carbocycles. The molecule has 2 aromatic rings. The van der Waals surface area contributed by atoms with Crippen LogP contribution in [0.2, 0.25) is 0 Å². The number of benzene rings is 1. The SMILES string of the molecule is COc1ccc(-c2sc(NC(=O)C3CCCC3)nc2C)cc1S(=O)(=O)N1CCCC1. The van der Waals surface area contributed by atoms with E-state index in [1.165, 1.54) is 22.8 Å². The Labute approximate surface area is 181 Å². The van der Waals surface area contributed by atoms with Crippen LogP contribution >= 0.6 is 11.3 Å². The first-order chi connectivity index (χ1) is 14.4. The van der Waals surface area contributed by atoms with E-state index in [1.54, 1.807) is 12.1 Å². The molecule has 162 valence electrons. The fraction of sp³-hybridized carbons (Fsp3) is 0.524. The minimum absolute atomic E-state index is 0.0276. The molecule has 7 nitrogen and oxygen atoms in total. The number of aryl methyl sites for hydroxylation is 1. The van der Waals surface area contributed by atoms with Gasteiger partial charge in [0, 0.05) is 19.0 Å². The number of sulfonamides is 1. The zero-order chi connectivity index (χ0) is 21.3. The molecule has 30 heavy (non-hydrogen) atoms. The zero-order valence-corrected chi connectivity index (χ0v) is 18.9. The van der Waals surface area contributed by atoms with Gasteiger partial charge in [0.25, 0.3) is 0 Å². The monoisotopic (exact) mass is 449 g/mol. The minimum atomic E-state index is -3.63. The molecule has 1 aliphatic heterocycles.